The van der Waals surface area contributed by atoms with E-state index in [1.165, 1.54) is 11.1 Å². The molecule has 0 unspecified atom stereocenters. The van der Waals surface area contributed by atoms with Crippen molar-refractivity contribution in [2.45, 2.75) is 33.4 Å². The maximum Gasteiger partial charge on any atom is 0.0674 e. The average Bonchev–Trinajstić information content (AvgIpc) is 3.05. The van der Waals surface area contributed by atoms with Gasteiger partial charge in [0.15, 0.2) is 0 Å². The highest BCUT2D eigenvalue weighted by Gasteiger charge is 2.10. The van der Waals surface area contributed by atoms with E-state index in [2.05, 4.69) is 59.3 Å². The predicted molar refractivity (Wildman–Crippen MR) is 96.9 cm³/mol. The molecule has 124 valence electrons. The fourth-order valence-corrected chi connectivity index (χ4v) is 2.90. The standard InChI is InChI=1S/C20H24N4/c1-3-12-23(16-19-9-6-7-11-21-19)14-18-13-22-24(15-18)20-10-5-4-8-17(20)2/h4-11,13,15H,3,12,14,16H2,1-2H3. The zero-order chi connectivity index (χ0) is 16.8. The van der Waals surface area contributed by atoms with E-state index >= 15 is 0 Å². The minimum Gasteiger partial charge on any atom is -0.293 e. The Morgan fingerprint density at radius 1 is 1.04 bits per heavy atom. The lowest BCUT2D eigenvalue weighted by Crippen LogP contribution is -2.23. The van der Waals surface area contributed by atoms with E-state index in [4.69, 9.17) is 0 Å². The molecule has 2 heterocycles. The molecule has 4 heteroatoms. The number of hydrogen-bond acceptors (Lipinski definition) is 3. The summed E-state index contributed by atoms with van der Waals surface area (Å²) in [7, 11) is 0. The van der Waals surface area contributed by atoms with Gasteiger partial charge in [-0.3, -0.25) is 9.88 Å². The van der Waals surface area contributed by atoms with Crippen LogP contribution in [-0.4, -0.2) is 26.2 Å². The molecule has 0 aliphatic rings. The molecule has 1 aromatic carbocycles. The van der Waals surface area contributed by atoms with Crippen LogP contribution in [0.25, 0.3) is 5.69 Å². The second kappa shape index (κ2) is 7.88. The topological polar surface area (TPSA) is 34.0 Å². The van der Waals surface area contributed by atoms with Gasteiger partial charge in [0.1, 0.15) is 0 Å². The second-order valence-electron chi connectivity index (χ2n) is 6.11. The molecule has 0 saturated heterocycles. The lowest BCUT2D eigenvalue weighted by Gasteiger charge is -2.20. The van der Waals surface area contributed by atoms with Gasteiger partial charge < -0.3 is 0 Å². The number of pyridine rings is 1. The van der Waals surface area contributed by atoms with E-state index in [0.29, 0.717) is 0 Å². The molecule has 0 saturated carbocycles. The summed E-state index contributed by atoms with van der Waals surface area (Å²) < 4.78 is 1.97. The third-order valence-electron chi connectivity index (χ3n) is 4.06. The number of aromatic nitrogens is 3. The zero-order valence-corrected chi connectivity index (χ0v) is 14.4. The van der Waals surface area contributed by atoms with Gasteiger partial charge >= 0.3 is 0 Å². The number of aryl methyl sites for hydroxylation is 1. The average molecular weight is 320 g/mol. The fourth-order valence-electron chi connectivity index (χ4n) is 2.90. The predicted octanol–water partition coefficient (Wildman–Crippen LogP) is 3.99. The SMILES string of the molecule is CCCN(Cc1cnn(-c2ccccc2C)c1)Cc1ccccn1. The summed E-state index contributed by atoms with van der Waals surface area (Å²) in [6.07, 6.45) is 7.07. The number of benzene rings is 1. The van der Waals surface area contributed by atoms with E-state index in [9.17, 15) is 0 Å². The molecule has 24 heavy (non-hydrogen) atoms. The van der Waals surface area contributed by atoms with Crippen molar-refractivity contribution in [3.63, 3.8) is 0 Å². The summed E-state index contributed by atoms with van der Waals surface area (Å²) in [6.45, 7) is 7.12. The van der Waals surface area contributed by atoms with Crippen molar-refractivity contribution in [1.29, 1.82) is 0 Å². The van der Waals surface area contributed by atoms with Crippen LogP contribution in [0.1, 0.15) is 30.2 Å². The highest BCUT2D eigenvalue weighted by Crippen LogP contribution is 2.15. The molecule has 0 radical (unpaired) electrons. The van der Waals surface area contributed by atoms with E-state index in [0.717, 1.165) is 37.4 Å². The maximum absolute atomic E-state index is 4.54. The highest BCUT2D eigenvalue weighted by atomic mass is 15.3. The third kappa shape index (κ3) is 4.09. The van der Waals surface area contributed by atoms with Crippen LogP contribution in [0.2, 0.25) is 0 Å². The Balaban J connectivity index is 1.73. The van der Waals surface area contributed by atoms with Crippen molar-refractivity contribution >= 4 is 0 Å². The van der Waals surface area contributed by atoms with Gasteiger partial charge in [-0.1, -0.05) is 31.2 Å². The van der Waals surface area contributed by atoms with Gasteiger partial charge in [0.05, 0.1) is 17.6 Å². The number of rotatable bonds is 7. The van der Waals surface area contributed by atoms with Crippen LogP contribution in [0, 0.1) is 6.92 Å². The number of hydrogen-bond donors (Lipinski definition) is 0. The van der Waals surface area contributed by atoms with Crippen LogP contribution in [0.5, 0.6) is 0 Å². The molecule has 0 spiro atoms. The molecule has 2 aromatic heterocycles. The lowest BCUT2D eigenvalue weighted by molar-refractivity contribution is 0.254. The third-order valence-corrected chi connectivity index (χ3v) is 4.06. The Kier molecular flexibility index (Phi) is 5.39. The molecule has 4 nitrogen and oxygen atoms in total. The van der Waals surface area contributed by atoms with E-state index in [1.807, 2.05) is 35.3 Å². The summed E-state index contributed by atoms with van der Waals surface area (Å²) in [4.78, 5) is 6.86. The molecule has 0 N–H and O–H groups in total. The largest absolute Gasteiger partial charge is 0.293 e. The van der Waals surface area contributed by atoms with Crippen molar-refractivity contribution < 1.29 is 0 Å². The summed E-state index contributed by atoms with van der Waals surface area (Å²) in [5.74, 6) is 0. The molecule has 0 aliphatic heterocycles. The fraction of sp³-hybridized carbons (Fsp3) is 0.300. The molecule has 0 fully saturated rings. The molecule has 3 rings (SSSR count). The molecule has 0 bridgehead atoms. The van der Waals surface area contributed by atoms with Gasteiger partial charge in [0.2, 0.25) is 0 Å². The minimum atomic E-state index is 0.865. The molecular weight excluding hydrogens is 296 g/mol. The van der Waals surface area contributed by atoms with Gasteiger partial charge in [-0.25, -0.2) is 4.68 Å². The smallest absolute Gasteiger partial charge is 0.0674 e. The Hall–Kier alpha value is -2.46. The van der Waals surface area contributed by atoms with Crippen LogP contribution in [0.3, 0.4) is 0 Å². The molecule has 0 atom stereocenters. The molecule has 3 aromatic rings. The van der Waals surface area contributed by atoms with Crippen LogP contribution in [0.15, 0.2) is 61.1 Å². The zero-order valence-electron chi connectivity index (χ0n) is 14.4. The maximum atomic E-state index is 4.54. The summed E-state index contributed by atoms with van der Waals surface area (Å²) in [6, 6.07) is 14.4. The molecule has 0 amide bonds. The van der Waals surface area contributed by atoms with Crippen LogP contribution in [0.4, 0.5) is 0 Å². The second-order valence-corrected chi connectivity index (χ2v) is 6.11. The van der Waals surface area contributed by atoms with Crippen molar-refractivity contribution in [1.82, 2.24) is 19.7 Å². The summed E-state index contributed by atoms with van der Waals surface area (Å²) in [5.41, 5.74) is 4.70. The van der Waals surface area contributed by atoms with Gasteiger partial charge in [-0.2, -0.15) is 5.10 Å². The summed E-state index contributed by atoms with van der Waals surface area (Å²) in [5, 5.41) is 4.54. The summed E-state index contributed by atoms with van der Waals surface area (Å²) >= 11 is 0. The van der Waals surface area contributed by atoms with Gasteiger partial charge in [0, 0.05) is 31.0 Å². The van der Waals surface area contributed by atoms with Gasteiger partial charge in [0.25, 0.3) is 0 Å². The van der Waals surface area contributed by atoms with Crippen LogP contribution in [-0.2, 0) is 13.1 Å². The van der Waals surface area contributed by atoms with E-state index in [-0.39, 0.29) is 0 Å². The van der Waals surface area contributed by atoms with Gasteiger partial charge in [-0.15, -0.1) is 0 Å². The van der Waals surface area contributed by atoms with Crippen LogP contribution >= 0.6 is 0 Å². The van der Waals surface area contributed by atoms with Gasteiger partial charge in [-0.05, 0) is 43.7 Å². The first kappa shape index (κ1) is 16.4. The first-order valence-corrected chi connectivity index (χ1v) is 8.48. The lowest BCUT2D eigenvalue weighted by atomic mass is 10.2. The normalized spacial score (nSPS) is 11.1. The Morgan fingerprint density at radius 3 is 2.62 bits per heavy atom. The number of nitrogens with zero attached hydrogens (tertiary/aromatic N) is 4. The number of para-hydroxylation sites is 1. The van der Waals surface area contributed by atoms with Crippen molar-refractivity contribution in [2.75, 3.05) is 6.54 Å². The van der Waals surface area contributed by atoms with Crippen molar-refractivity contribution in [3.05, 3.63) is 77.9 Å². The quantitative estimate of drug-likeness (QED) is 0.660. The van der Waals surface area contributed by atoms with E-state index in [1.54, 1.807) is 0 Å². The van der Waals surface area contributed by atoms with Crippen molar-refractivity contribution in [3.8, 4) is 5.69 Å². The minimum absolute atomic E-state index is 0.865. The monoisotopic (exact) mass is 320 g/mol. The Morgan fingerprint density at radius 2 is 1.88 bits per heavy atom. The first-order chi connectivity index (χ1) is 11.8. The Labute approximate surface area is 143 Å². The van der Waals surface area contributed by atoms with Crippen LogP contribution < -0.4 is 0 Å². The highest BCUT2D eigenvalue weighted by molar-refractivity contribution is 5.39. The molecule has 0 aliphatic carbocycles. The van der Waals surface area contributed by atoms with Crippen molar-refractivity contribution in [2.24, 2.45) is 0 Å². The molecular formula is C20H24N4. The van der Waals surface area contributed by atoms with E-state index < -0.39 is 0 Å². The first-order valence-electron chi connectivity index (χ1n) is 8.48. The Bertz CT molecular complexity index is 764.